The van der Waals surface area contributed by atoms with Crippen molar-refractivity contribution >= 4 is 29.6 Å². The molecule has 13 heteroatoms. The van der Waals surface area contributed by atoms with Gasteiger partial charge >= 0.3 is 30.1 Å². The third-order valence-electron chi connectivity index (χ3n) is 8.87. The molecule has 5 rings (SSSR count). The number of hydrogen-bond donors (Lipinski definition) is 0. The molecular formula is C38H44N2O11+2. The van der Waals surface area contributed by atoms with Crippen LogP contribution >= 0.6 is 0 Å². The summed E-state index contributed by atoms with van der Waals surface area (Å²) in [6, 6.07) is 13.5. The number of benzene rings is 1. The van der Waals surface area contributed by atoms with Gasteiger partial charge in [-0.05, 0) is 49.7 Å². The van der Waals surface area contributed by atoms with Crippen molar-refractivity contribution in [3.05, 3.63) is 91.0 Å². The summed E-state index contributed by atoms with van der Waals surface area (Å²) in [6.45, 7) is 13.9. The SMILES string of the molecule is C=C(Oc1ccc(OC(=O)c2ccc[n+]([C@@H]3O[C@H](COC(C)=O)[C@@H](OC(C)=O)[C@H]3C)c2)cc1)c1ccc[n+]([C@@H]2O[C@H](CC)[C@@H](C)[C@H]2OC(C)=O)c1. The molecule has 0 amide bonds. The van der Waals surface area contributed by atoms with E-state index in [2.05, 4.69) is 6.58 Å². The number of aromatic nitrogens is 2. The van der Waals surface area contributed by atoms with Crippen LogP contribution in [0, 0.1) is 11.8 Å². The number of esters is 4. The fraction of sp³-hybridized carbons (Fsp3) is 0.421. The summed E-state index contributed by atoms with van der Waals surface area (Å²) in [7, 11) is 0. The fourth-order valence-electron chi connectivity index (χ4n) is 6.38. The summed E-state index contributed by atoms with van der Waals surface area (Å²) < 4.78 is 43.9. The summed E-state index contributed by atoms with van der Waals surface area (Å²) in [5.74, 6) is -1.08. The van der Waals surface area contributed by atoms with E-state index in [0.717, 1.165) is 6.42 Å². The first kappa shape index (κ1) is 37.1. The van der Waals surface area contributed by atoms with Crippen LogP contribution in [0.15, 0.2) is 79.9 Å². The Kier molecular flexibility index (Phi) is 11.8. The number of pyridine rings is 2. The molecule has 0 spiro atoms. The molecule has 2 saturated heterocycles. The lowest BCUT2D eigenvalue weighted by atomic mass is 9.98. The minimum atomic E-state index is -0.682. The lowest BCUT2D eigenvalue weighted by Crippen LogP contribution is -2.46. The Bertz CT molecular complexity index is 1760. The van der Waals surface area contributed by atoms with Gasteiger partial charge in [-0.15, -0.1) is 0 Å². The molecule has 2 aliphatic heterocycles. The Balaban J connectivity index is 1.22. The van der Waals surface area contributed by atoms with Crippen molar-refractivity contribution in [2.75, 3.05) is 6.61 Å². The highest BCUT2D eigenvalue weighted by molar-refractivity contribution is 5.90. The van der Waals surface area contributed by atoms with Crippen LogP contribution in [0.5, 0.6) is 11.5 Å². The van der Waals surface area contributed by atoms with Gasteiger partial charge in [0.15, 0.2) is 30.9 Å². The van der Waals surface area contributed by atoms with Crippen LogP contribution in [0.1, 0.15) is 76.3 Å². The fourth-order valence-corrected chi connectivity index (χ4v) is 6.38. The highest BCUT2D eigenvalue weighted by atomic mass is 16.6. The zero-order chi connectivity index (χ0) is 36.8. The third kappa shape index (κ3) is 8.97. The summed E-state index contributed by atoms with van der Waals surface area (Å²) in [6.07, 6.45) is 4.86. The topological polar surface area (TPSA) is 141 Å². The van der Waals surface area contributed by atoms with Gasteiger partial charge in [-0.1, -0.05) is 20.4 Å². The predicted octanol–water partition coefficient (Wildman–Crippen LogP) is 4.43. The molecular weight excluding hydrogens is 660 g/mol. The summed E-state index contributed by atoms with van der Waals surface area (Å²) in [5, 5.41) is 0. The second-order valence-corrected chi connectivity index (χ2v) is 12.7. The quantitative estimate of drug-likeness (QED) is 0.0870. The Morgan fingerprint density at radius 2 is 1.25 bits per heavy atom. The maximum Gasteiger partial charge on any atom is 0.349 e. The molecule has 13 nitrogen and oxygen atoms in total. The molecule has 0 bridgehead atoms. The number of rotatable bonds is 12. The molecule has 2 fully saturated rings. The van der Waals surface area contributed by atoms with Gasteiger partial charge in [-0.2, -0.15) is 9.13 Å². The van der Waals surface area contributed by atoms with E-state index in [0.29, 0.717) is 22.8 Å². The Morgan fingerprint density at radius 1 is 0.706 bits per heavy atom. The van der Waals surface area contributed by atoms with Crippen molar-refractivity contribution in [2.45, 2.75) is 84.8 Å². The Hall–Kier alpha value is -5.14. The summed E-state index contributed by atoms with van der Waals surface area (Å²) >= 11 is 0. The van der Waals surface area contributed by atoms with Gasteiger partial charge in [0.25, 0.3) is 6.23 Å². The van der Waals surface area contributed by atoms with Crippen molar-refractivity contribution in [3.63, 3.8) is 0 Å². The van der Waals surface area contributed by atoms with Crippen LogP contribution in [0.3, 0.4) is 0 Å². The zero-order valence-electron chi connectivity index (χ0n) is 29.6. The highest BCUT2D eigenvalue weighted by Gasteiger charge is 2.50. The van der Waals surface area contributed by atoms with E-state index in [1.54, 1.807) is 53.4 Å². The van der Waals surface area contributed by atoms with Gasteiger partial charge in [0.1, 0.15) is 41.6 Å². The lowest BCUT2D eigenvalue weighted by molar-refractivity contribution is -0.765. The molecule has 1 aromatic carbocycles. The molecule has 0 unspecified atom stereocenters. The van der Waals surface area contributed by atoms with E-state index in [1.807, 2.05) is 49.9 Å². The summed E-state index contributed by atoms with van der Waals surface area (Å²) in [5.41, 5.74) is 0.953. The van der Waals surface area contributed by atoms with E-state index < -0.39 is 48.7 Å². The standard InChI is InChI=1S/C38H44N2O11/c1-8-32-22(2)35(48-27(7)43)37(50-32)40-18-9-11-28(19-40)24(4)46-30-13-15-31(16-14-30)49-38(44)29-12-10-17-39(20-29)36-23(3)34(47-26(6)42)33(51-36)21-45-25(5)41/h9-20,22-23,32-37H,4,8,21H2,1-3,5-7H3/q+2/t22-,23-,32-,33-,34+,35-,36-,37-/m1/s1. The molecule has 0 radical (unpaired) electrons. The highest BCUT2D eigenvalue weighted by Crippen LogP contribution is 2.35. The number of nitrogens with zero attached hydrogens (tertiary/aromatic N) is 2. The van der Waals surface area contributed by atoms with Crippen molar-refractivity contribution in [1.82, 2.24) is 0 Å². The number of hydrogen-bond acceptors (Lipinski definition) is 11. The van der Waals surface area contributed by atoms with Crippen molar-refractivity contribution in [1.29, 1.82) is 0 Å². The average Bonchev–Trinajstić information content (AvgIpc) is 3.58. The molecule has 2 aliphatic rings. The maximum atomic E-state index is 13.2. The Morgan fingerprint density at radius 3 is 1.86 bits per heavy atom. The van der Waals surface area contributed by atoms with Crippen molar-refractivity contribution < 1.29 is 61.5 Å². The molecule has 4 heterocycles. The molecule has 270 valence electrons. The predicted molar refractivity (Wildman–Crippen MR) is 179 cm³/mol. The molecule has 0 N–H and O–H groups in total. The van der Waals surface area contributed by atoms with Crippen molar-refractivity contribution in [3.8, 4) is 11.5 Å². The van der Waals surface area contributed by atoms with Crippen LogP contribution < -0.4 is 18.6 Å². The molecule has 8 atom stereocenters. The van der Waals surface area contributed by atoms with Gasteiger partial charge in [0.2, 0.25) is 0 Å². The molecule has 0 aliphatic carbocycles. The zero-order valence-corrected chi connectivity index (χ0v) is 29.6. The monoisotopic (exact) mass is 704 g/mol. The van der Waals surface area contributed by atoms with Gasteiger partial charge in [-0.3, -0.25) is 14.4 Å². The van der Waals surface area contributed by atoms with Crippen LogP contribution in [0.2, 0.25) is 0 Å². The van der Waals surface area contributed by atoms with Crippen LogP contribution in [0.4, 0.5) is 0 Å². The van der Waals surface area contributed by atoms with Gasteiger partial charge < -0.3 is 33.2 Å². The first-order valence-corrected chi connectivity index (χ1v) is 16.8. The summed E-state index contributed by atoms with van der Waals surface area (Å²) in [4.78, 5) is 48.1. The van der Waals surface area contributed by atoms with Gasteiger partial charge in [0, 0.05) is 38.8 Å². The maximum absolute atomic E-state index is 13.2. The first-order chi connectivity index (χ1) is 24.3. The van der Waals surface area contributed by atoms with E-state index in [9.17, 15) is 19.2 Å². The van der Waals surface area contributed by atoms with E-state index >= 15 is 0 Å². The van der Waals surface area contributed by atoms with E-state index in [-0.39, 0.29) is 36.1 Å². The number of carbonyl (C=O) groups excluding carboxylic acids is 4. The largest absolute Gasteiger partial charge is 0.463 e. The normalized spacial score (nSPS) is 25.5. The van der Waals surface area contributed by atoms with Crippen LogP contribution in [-0.4, -0.2) is 54.9 Å². The smallest absolute Gasteiger partial charge is 0.349 e. The second-order valence-electron chi connectivity index (χ2n) is 12.7. The van der Waals surface area contributed by atoms with Gasteiger partial charge in [-0.25, -0.2) is 4.79 Å². The number of ether oxygens (including phenoxy) is 7. The van der Waals surface area contributed by atoms with E-state index in [4.69, 9.17) is 33.2 Å². The second kappa shape index (κ2) is 16.3. The number of carbonyl (C=O) groups is 4. The molecule has 0 saturated carbocycles. The Labute approximate surface area is 296 Å². The van der Waals surface area contributed by atoms with Crippen molar-refractivity contribution in [2.24, 2.45) is 11.8 Å². The average molecular weight is 705 g/mol. The lowest BCUT2D eigenvalue weighted by Gasteiger charge is -2.19. The van der Waals surface area contributed by atoms with Gasteiger partial charge in [0.05, 0.1) is 17.6 Å². The third-order valence-corrected chi connectivity index (χ3v) is 8.87. The molecule has 2 aromatic heterocycles. The minimum Gasteiger partial charge on any atom is -0.463 e. The van der Waals surface area contributed by atoms with Crippen LogP contribution in [-0.2, 0) is 38.1 Å². The first-order valence-electron chi connectivity index (χ1n) is 16.8. The van der Waals surface area contributed by atoms with E-state index in [1.165, 1.54) is 20.8 Å². The van der Waals surface area contributed by atoms with Crippen LogP contribution in [0.25, 0.3) is 5.76 Å². The minimum absolute atomic E-state index is 0.0222. The molecule has 51 heavy (non-hydrogen) atoms. The molecule has 3 aromatic rings.